The molecule has 0 aromatic heterocycles. The maximum absolute atomic E-state index is 11.1. The van der Waals surface area contributed by atoms with Gasteiger partial charge >= 0.3 is 5.97 Å². The first-order chi connectivity index (χ1) is 6.47. The van der Waals surface area contributed by atoms with Crippen LogP contribution in [0.1, 0.15) is 13.8 Å². The van der Waals surface area contributed by atoms with Gasteiger partial charge in [-0.25, -0.2) is 0 Å². The second kappa shape index (κ2) is 6.18. The number of amides is 1. The Bertz CT molecular complexity index is 223. The third-order valence-electron chi connectivity index (χ3n) is 1.49. The number of likely N-dealkylation sites (N-methyl/N-ethyl adjacent to an activating group) is 1. The molecule has 0 aliphatic carbocycles. The van der Waals surface area contributed by atoms with Crippen molar-refractivity contribution in [2.24, 2.45) is 5.92 Å². The van der Waals surface area contributed by atoms with Crippen LogP contribution in [-0.4, -0.2) is 37.0 Å². The first-order valence-electron chi connectivity index (χ1n) is 4.50. The predicted molar refractivity (Wildman–Crippen MR) is 53.6 cm³/mol. The van der Waals surface area contributed by atoms with E-state index in [-0.39, 0.29) is 12.5 Å². The van der Waals surface area contributed by atoms with Crippen LogP contribution in [0.5, 0.6) is 0 Å². The smallest absolute Gasteiger partial charge is 0.325 e. The highest BCUT2D eigenvalue weighted by Gasteiger charge is 2.11. The van der Waals surface area contributed by atoms with Crippen LogP contribution in [-0.2, 0) is 14.3 Å². The van der Waals surface area contributed by atoms with Crippen LogP contribution >= 0.6 is 0 Å². The number of rotatable bonds is 5. The minimum atomic E-state index is -0.392. The van der Waals surface area contributed by atoms with Crippen LogP contribution < -0.4 is 0 Å². The quantitative estimate of drug-likeness (QED) is 0.486. The molecule has 1 amide bonds. The van der Waals surface area contributed by atoms with Crippen LogP contribution in [0.25, 0.3) is 0 Å². The highest BCUT2D eigenvalue weighted by Crippen LogP contribution is 1.94. The molecule has 14 heavy (non-hydrogen) atoms. The van der Waals surface area contributed by atoms with Crippen LogP contribution in [0.4, 0.5) is 0 Å². The summed E-state index contributed by atoms with van der Waals surface area (Å²) in [6.45, 7) is 7.57. The Balaban J connectivity index is 3.82. The molecular formula is C10H17NO3. The molecular weight excluding hydrogens is 182 g/mol. The molecule has 0 saturated carbocycles. The summed E-state index contributed by atoms with van der Waals surface area (Å²) < 4.78 is 4.90. The maximum Gasteiger partial charge on any atom is 0.325 e. The molecule has 0 heterocycles. The van der Waals surface area contributed by atoms with Gasteiger partial charge in [0.2, 0.25) is 5.91 Å². The Labute approximate surface area is 84.5 Å². The van der Waals surface area contributed by atoms with Gasteiger partial charge in [0.15, 0.2) is 0 Å². The van der Waals surface area contributed by atoms with Gasteiger partial charge in [-0.3, -0.25) is 9.59 Å². The summed E-state index contributed by atoms with van der Waals surface area (Å²) in [7, 11) is 1.53. The summed E-state index contributed by atoms with van der Waals surface area (Å²) in [6, 6.07) is 0. The van der Waals surface area contributed by atoms with Crippen molar-refractivity contribution >= 4 is 11.9 Å². The lowest BCUT2D eigenvalue weighted by atomic mass is 10.2. The van der Waals surface area contributed by atoms with Gasteiger partial charge < -0.3 is 9.64 Å². The van der Waals surface area contributed by atoms with Crippen LogP contribution in [0, 0.1) is 5.92 Å². The zero-order valence-electron chi connectivity index (χ0n) is 8.95. The highest BCUT2D eigenvalue weighted by molar-refractivity contribution is 5.89. The predicted octanol–water partition coefficient (Wildman–Crippen LogP) is 0.830. The van der Waals surface area contributed by atoms with E-state index in [1.807, 2.05) is 13.8 Å². The molecule has 0 rings (SSSR count). The first-order valence-corrected chi connectivity index (χ1v) is 4.50. The molecule has 80 valence electrons. The van der Waals surface area contributed by atoms with Crippen molar-refractivity contribution in [1.82, 2.24) is 4.90 Å². The average Bonchev–Trinajstić information content (AvgIpc) is 2.13. The van der Waals surface area contributed by atoms with E-state index in [4.69, 9.17) is 4.74 Å². The fourth-order valence-corrected chi connectivity index (χ4v) is 0.733. The number of nitrogens with zero attached hydrogens (tertiary/aromatic N) is 1. The zero-order valence-corrected chi connectivity index (χ0v) is 8.95. The van der Waals surface area contributed by atoms with E-state index in [2.05, 4.69) is 6.58 Å². The van der Waals surface area contributed by atoms with Gasteiger partial charge in [0, 0.05) is 7.05 Å². The normalized spacial score (nSPS) is 9.71. The Morgan fingerprint density at radius 3 is 2.50 bits per heavy atom. The lowest BCUT2D eigenvalue weighted by Gasteiger charge is -2.14. The van der Waals surface area contributed by atoms with E-state index in [0.717, 1.165) is 6.08 Å². The Morgan fingerprint density at radius 1 is 1.50 bits per heavy atom. The van der Waals surface area contributed by atoms with Crippen molar-refractivity contribution in [2.75, 3.05) is 20.2 Å². The summed E-state index contributed by atoms with van der Waals surface area (Å²) >= 11 is 0. The van der Waals surface area contributed by atoms with Crippen molar-refractivity contribution in [2.45, 2.75) is 13.8 Å². The second-order valence-electron chi connectivity index (χ2n) is 3.48. The summed E-state index contributed by atoms with van der Waals surface area (Å²) in [5, 5.41) is 0. The molecule has 4 nitrogen and oxygen atoms in total. The molecule has 0 bridgehead atoms. The zero-order chi connectivity index (χ0) is 11.1. The van der Waals surface area contributed by atoms with Crippen molar-refractivity contribution < 1.29 is 14.3 Å². The van der Waals surface area contributed by atoms with Crippen molar-refractivity contribution in [3.63, 3.8) is 0 Å². The number of hydrogen-bond donors (Lipinski definition) is 0. The van der Waals surface area contributed by atoms with Gasteiger partial charge in [0.25, 0.3) is 0 Å². The van der Waals surface area contributed by atoms with Crippen molar-refractivity contribution in [3.8, 4) is 0 Å². The minimum Gasteiger partial charge on any atom is -0.464 e. The standard InChI is InChI=1S/C10H17NO3/c1-5-9(12)11(4)6-10(13)14-7-8(2)3/h5,8H,1,6-7H2,2-4H3. The summed E-state index contributed by atoms with van der Waals surface area (Å²) in [6.07, 6.45) is 1.16. The largest absolute Gasteiger partial charge is 0.464 e. The maximum atomic E-state index is 11.1. The topological polar surface area (TPSA) is 46.6 Å². The van der Waals surface area contributed by atoms with Gasteiger partial charge in [0.1, 0.15) is 6.54 Å². The van der Waals surface area contributed by atoms with Gasteiger partial charge in [-0.05, 0) is 12.0 Å². The summed E-state index contributed by atoms with van der Waals surface area (Å²) in [4.78, 5) is 23.4. The SMILES string of the molecule is C=CC(=O)N(C)CC(=O)OCC(C)C. The average molecular weight is 199 g/mol. The summed E-state index contributed by atoms with van der Waals surface area (Å²) in [5.41, 5.74) is 0. The Hall–Kier alpha value is -1.32. The summed E-state index contributed by atoms with van der Waals surface area (Å²) in [5.74, 6) is -0.373. The van der Waals surface area contributed by atoms with Gasteiger partial charge in [-0.2, -0.15) is 0 Å². The monoisotopic (exact) mass is 199 g/mol. The van der Waals surface area contributed by atoms with Crippen molar-refractivity contribution in [1.29, 1.82) is 0 Å². The van der Waals surface area contributed by atoms with Gasteiger partial charge in [-0.15, -0.1) is 0 Å². The molecule has 0 fully saturated rings. The molecule has 0 aromatic carbocycles. The number of carbonyl (C=O) groups is 2. The lowest BCUT2D eigenvalue weighted by molar-refractivity contribution is -0.148. The van der Waals surface area contributed by atoms with E-state index in [0.29, 0.717) is 12.5 Å². The molecule has 0 aromatic rings. The fraction of sp³-hybridized carbons (Fsp3) is 0.600. The lowest BCUT2D eigenvalue weighted by Crippen LogP contribution is -2.32. The van der Waals surface area contributed by atoms with Gasteiger partial charge in [0.05, 0.1) is 6.61 Å². The van der Waals surface area contributed by atoms with Crippen molar-refractivity contribution in [3.05, 3.63) is 12.7 Å². The van der Waals surface area contributed by atoms with Crippen LogP contribution in [0.2, 0.25) is 0 Å². The second-order valence-corrected chi connectivity index (χ2v) is 3.48. The van der Waals surface area contributed by atoms with Crippen LogP contribution in [0.15, 0.2) is 12.7 Å². The third-order valence-corrected chi connectivity index (χ3v) is 1.49. The van der Waals surface area contributed by atoms with E-state index in [9.17, 15) is 9.59 Å². The highest BCUT2D eigenvalue weighted by atomic mass is 16.5. The molecule has 0 spiro atoms. The number of ether oxygens (including phenoxy) is 1. The van der Waals surface area contributed by atoms with E-state index >= 15 is 0 Å². The van der Waals surface area contributed by atoms with Gasteiger partial charge in [-0.1, -0.05) is 20.4 Å². The molecule has 0 aliphatic rings. The van der Waals surface area contributed by atoms with E-state index in [1.54, 1.807) is 0 Å². The molecule has 0 atom stereocenters. The molecule has 0 saturated heterocycles. The first kappa shape index (κ1) is 12.7. The third kappa shape index (κ3) is 5.35. The van der Waals surface area contributed by atoms with E-state index < -0.39 is 5.97 Å². The molecule has 0 N–H and O–H groups in total. The van der Waals surface area contributed by atoms with Crippen LogP contribution in [0.3, 0.4) is 0 Å². The van der Waals surface area contributed by atoms with E-state index in [1.165, 1.54) is 11.9 Å². The number of esters is 1. The molecule has 0 radical (unpaired) electrons. The molecule has 0 unspecified atom stereocenters. The molecule has 4 heteroatoms. The number of hydrogen-bond acceptors (Lipinski definition) is 3. The Kier molecular flexibility index (Phi) is 5.60. The molecule has 0 aliphatic heterocycles. The number of carbonyl (C=O) groups excluding carboxylic acids is 2. The Morgan fingerprint density at radius 2 is 2.07 bits per heavy atom. The minimum absolute atomic E-state index is 0.0302. The fourth-order valence-electron chi connectivity index (χ4n) is 0.733.